The second kappa shape index (κ2) is 7.61. The zero-order chi connectivity index (χ0) is 19.7. The van der Waals surface area contributed by atoms with Gasteiger partial charge in [0.2, 0.25) is 15.0 Å². The van der Waals surface area contributed by atoms with Crippen molar-refractivity contribution in [3.05, 3.63) is 51.4 Å². The van der Waals surface area contributed by atoms with Crippen molar-refractivity contribution >= 4 is 32.0 Å². The standard InChI is InChI=1S/C18H21N5O3S2/c1-13-21-23-17(24)11-15(20-18(23)27-13)12-19-14-6-5-7-16(10-14)28(25,26)22-8-3-2-4-9-22/h5-7,10-11,19H,2-4,8-9,12H2,1H3. The zero-order valence-electron chi connectivity index (χ0n) is 15.5. The average molecular weight is 420 g/mol. The Labute approximate surface area is 166 Å². The second-order valence-corrected chi connectivity index (χ2v) is 9.85. The van der Waals surface area contributed by atoms with Crippen LogP contribution in [0.2, 0.25) is 0 Å². The number of anilines is 1. The number of rotatable bonds is 5. The van der Waals surface area contributed by atoms with Crippen molar-refractivity contribution in [3.63, 3.8) is 0 Å². The van der Waals surface area contributed by atoms with E-state index in [2.05, 4.69) is 15.4 Å². The van der Waals surface area contributed by atoms with Crippen LogP contribution in [0, 0.1) is 6.92 Å². The predicted octanol–water partition coefficient (Wildman–Crippen LogP) is 2.25. The Morgan fingerprint density at radius 3 is 2.75 bits per heavy atom. The highest BCUT2D eigenvalue weighted by molar-refractivity contribution is 7.89. The van der Waals surface area contributed by atoms with Gasteiger partial charge in [-0.3, -0.25) is 4.79 Å². The molecule has 1 aliphatic rings. The molecule has 3 aromatic rings. The summed E-state index contributed by atoms with van der Waals surface area (Å²) in [5, 5.41) is 8.06. The molecule has 1 N–H and O–H groups in total. The largest absolute Gasteiger partial charge is 0.379 e. The van der Waals surface area contributed by atoms with E-state index in [-0.39, 0.29) is 10.5 Å². The Kier molecular flexibility index (Phi) is 5.17. The maximum atomic E-state index is 12.8. The molecule has 0 aliphatic carbocycles. The van der Waals surface area contributed by atoms with Gasteiger partial charge in [-0.05, 0) is 38.0 Å². The van der Waals surface area contributed by atoms with Crippen LogP contribution in [-0.4, -0.2) is 40.4 Å². The molecule has 2 aromatic heterocycles. The third-order valence-electron chi connectivity index (χ3n) is 4.66. The monoisotopic (exact) mass is 419 g/mol. The fraction of sp³-hybridized carbons (Fsp3) is 0.389. The molecule has 0 spiro atoms. The van der Waals surface area contributed by atoms with E-state index in [0.29, 0.717) is 36.0 Å². The van der Waals surface area contributed by atoms with Gasteiger partial charge in [0.1, 0.15) is 5.01 Å². The highest BCUT2D eigenvalue weighted by atomic mass is 32.2. The number of benzene rings is 1. The summed E-state index contributed by atoms with van der Waals surface area (Å²) in [6, 6.07) is 8.21. The molecule has 3 heterocycles. The molecule has 0 unspecified atom stereocenters. The highest BCUT2D eigenvalue weighted by Gasteiger charge is 2.25. The first-order valence-electron chi connectivity index (χ1n) is 9.14. The van der Waals surface area contributed by atoms with Crippen LogP contribution in [0.25, 0.3) is 4.96 Å². The number of aromatic nitrogens is 3. The predicted molar refractivity (Wildman–Crippen MR) is 108 cm³/mol. The first kappa shape index (κ1) is 19.0. The zero-order valence-corrected chi connectivity index (χ0v) is 17.1. The molecule has 0 atom stereocenters. The Bertz CT molecular complexity index is 1160. The van der Waals surface area contributed by atoms with E-state index in [4.69, 9.17) is 0 Å². The lowest BCUT2D eigenvalue weighted by molar-refractivity contribution is 0.346. The van der Waals surface area contributed by atoms with Crippen LogP contribution in [0.4, 0.5) is 5.69 Å². The van der Waals surface area contributed by atoms with Crippen molar-refractivity contribution in [2.24, 2.45) is 0 Å². The van der Waals surface area contributed by atoms with Crippen molar-refractivity contribution in [3.8, 4) is 0 Å². The van der Waals surface area contributed by atoms with E-state index >= 15 is 0 Å². The van der Waals surface area contributed by atoms with Gasteiger partial charge in [0.25, 0.3) is 5.56 Å². The molecule has 28 heavy (non-hydrogen) atoms. The van der Waals surface area contributed by atoms with Crippen LogP contribution in [0.15, 0.2) is 40.0 Å². The number of nitrogens with one attached hydrogen (secondary N) is 1. The molecule has 0 saturated carbocycles. The molecule has 0 amide bonds. The first-order chi connectivity index (χ1) is 13.4. The Morgan fingerprint density at radius 1 is 1.18 bits per heavy atom. The lowest BCUT2D eigenvalue weighted by Gasteiger charge is -2.26. The molecule has 0 bridgehead atoms. The molecule has 1 saturated heterocycles. The number of piperidine rings is 1. The van der Waals surface area contributed by atoms with Gasteiger partial charge in [0.15, 0.2) is 0 Å². The highest BCUT2D eigenvalue weighted by Crippen LogP contribution is 2.23. The van der Waals surface area contributed by atoms with E-state index in [1.807, 2.05) is 6.92 Å². The molecule has 1 aliphatic heterocycles. The molecule has 10 heteroatoms. The number of aryl methyl sites for hydroxylation is 1. The number of hydrogen-bond acceptors (Lipinski definition) is 7. The van der Waals surface area contributed by atoms with Crippen LogP contribution in [-0.2, 0) is 16.6 Å². The van der Waals surface area contributed by atoms with Crippen molar-refractivity contribution < 1.29 is 8.42 Å². The summed E-state index contributed by atoms with van der Waals surface area (Å²) < 4.78 is 28.5. The van der Waals surface area contributed by atoms with Gasteiger partial charge in [-0.2, -0.15) is 13.9 Å². The summed E-state index contributed by atoms with van der Waals surface area (Å²) in [6.45, 7) is 3.28. The van der Waals surface area contributed by atoms with E-state index in [0.717, 1.165) is 24.3 Å². The summed E-state index contributed by atoms with van der Waals surface area (Å²) in [5.74, 6) is 0. The molecule has 8 nitrogen and oxygen atoms in total. The summed E-state index contributed by atoms with van der Waals surface area (Å²) >= 11 is 1.35. The summed E-state index contributed by atoms with van der Waals surface area (Å²) in [4.78, 5) is 17.4. The van der Waals surface area contributed by atoms with E-state index in [1.54, 1.807) is 28.6 Å². The lowest BCUT2D eigenvalue weighted by Crippen LogP contribution is -2.35. The van der Waals surface area contributed by atoms with Gasteiger partial charge < -0.3 is 5.32 Å². The van der Waals surface area contributed by atoms with Crippen LogP contribution in [0.5, 0.6) is 0 Å². The summed E-state index contributed by atoms with van der Waals surface area (Å²) in [5.41, 5.74) is 1.02. The van der Waals surface area contributed by atoms with Crippen LogP contribution < -0.4 is 10.9 Å². The topological polar surface area (TPSA) is 96.7 Å². The number of sulfonamides is 1. The smallest absolute Gasteiger partial charge is 0.275 e. The number of fused-ring (bicyclic) bond motifs is 1. The van der Waals surface area contributed by atoms with Crippen molar-refractivity contribution in [1.29, 1.82) is 0 Å². The van der Waals surface area contributed by atoms with Gasteiger partial charge in [0.05, 0.1) is 17.1 Å². The molecule has 4 rings (SSSR count). The van der Waals surface area contributed by atoms with Gasteiger partial charge >= 0.3 is 0 Å². The van der Waals surface area contributed by atoms with E-state index in [1.165, 1.54) is 21.9 Å². The number of nitrogens with zero attached hydrogens (tertiary/aromatic N) is 4. The van der Waals surface area contributed by atoms with Crippen molar-refractivity contribution in [2.75, 3.05) is 18.4 Å². The van der Waals surface area contributed by atoms with Crippen LogP contribution in [0.3, 0.4) is 0 Å². The maximum Gasteiger partial charge on any atom is 0.275 e. The Morgan fingerprint density at radius 2 is 1.96 bits per heavy atom. The van der Waals surface area contributed by atoms with E-state index in [9.17, 15) is 13.2 Å². The SMILES string of the molecule is Cc1nn2c(=O)cc(CNc3cccc(S(=O)(=O)N4CCCCC4)c3)nc2s1. The Balaban J connectivity index is 1.53. The molecular formula is C18H21N5O3S2. The van der Waals surface area contributed by atoms with Gasteiger partial charge in [-0.1, -0.05) is 23.8 Å². The first-order valence-corrected chi connectivity index (χ1v) is 11.4. The quantitative estimate of drug-likeness (QED) is 0.681. The van der Waals surface area contributed by atoms with Crippen molar-refractivity contribution in [1.82, 2.24) is 18.9 Å². The maximum absolute atomic E-state index is 12.8. The minimum Gasteiger partial charge on any atom is -0.379 e. The Hall–Kier alpha value is -2.30. The van der Waals surface area contributed by atoms with Crippen molar-refractivity contribution in [2.45, 2.75) is 37.6 Å². The summed E-state index contributed by atoms with van der Waals surface area (Å²) in [7, 11) is -3.48. The second-order valence-electron chi connectivity index (χ2n) is 6.75. The van der Waals surface area contributed by atoms with Crippen LogP contribution >= 0.6 is 11.3 Å². The normalized spacial score (nSPS) is 15.8. The summed E-state index contributed by atoms with van der Waals surface area (Å²) in [6.07, 6.45) is 2.88. The third kappa shape index (κ3) is 3.80. The fourth-order valence-corrected chi connectivity index (χ4v) is 5.59. The molecule has 0 radical (unpaired) electrons. The molecule has 148 valence electrons. The molecular weight excluding hydrogens is 398 g/mol. The third-order valence-corrected chi connectivity index (χ3v) is 7.38. The fourth-order valence-electron chi connectivity index (χ4n) is 3.26. The van der Waals surface area contributed by atoms with Gasteiger partial charge in [0, 0.05) is 24.8 Å². The lowest BCUT2D eigenvalue weighted by atomic mass is 10.2. The number of hydrogen-bond donors (Lipinski definition) is 1. The average Bonchev–Trinajstić information content (AvgIpc) is 3.08. The van der Waals surface area contributed by atoms with E-state index < -0.39 is 10.0 Å². The van der Waals surface area contributed by atoms with Gasteiger partial charge in [-0.25, -0.2) is 13.4 Å². The van der Waals surface area contributed by atoms with Crippen LogP contribution in [0.1, 0.15) is 30.0 Å². The minimum atomic E-state index is -3.48. The molecule has 1 fully saturated rings. The minimum absolute atomic E-state index is 0.229. The van der Waals surface area contributed by atoms with Gasteiger partial charge in [-0.15, -0.1) is 0 Å². The molecule has 1 aromatic carbocycles.